The Kier molecular flexibility index (Phi) is 3.11. The molecule has 84 valence electrons. The second-order valence-corrected chi connectivity index (χ2v) is 4.23. The molecule has 0 unspecified atom stereocenters. The van der Waals surface area contributed by atoms with Crippen LogP contribution in [-0.4, -0.2) is 9.67 Å². The van der Waals surface area contributed by atoms with E-state index in [4.69, 9.17) is 0 Å². The minimum Gasteiger partial charge on any atom is -0.392 e. The van der Waals surface area contributed by atoms with Gasteiger partial charge in [0.05, 0.1) is 12.1 Å². The third-order valence-electron chi connectivity index (χ3n) is 2.82. The van der Waals surface area contributed by atoms with Crippen molar-refractivity contribution >= 4 is 10.9 Å². The number of aromatic nitrogens is 1. The second-order valence-electron chi connectivity index (χ2n) is 4.23. The molecule has 0 amide bonds. The Balaban J connectivity index is 2.41. The average molecular weight is 215 g/mol. The van der Waals surface area contributed by atoms with Crippen LogP contribution in [0.2, 0.25) is 0 Å². The first kappa shape index (κ1) is 11.0. The largest absolute Gasteiger partial charge is 0.392 e. The summed E-state index contributed by atoms with van der Waals surface area (Å²) in [5.74, 6) is 0. The van der Waals surface area contributed by atoms with Crippen LogP contribution in [0.4, 0.5) is 0 Å². The van der Waals surface area contributed by atoms with Gasteiger partial charge in [-0.3, -0.25) is 0 Å². The number of allylic oxidation sites excluding steroid dienone is 1. The van der Waals surface area contributed by atoms with Crippen LogP contribution in [0.1, 0.15) is 18.9 Å². The van der Waals surface area contributed by atoms with Gasteiger partial charge in [-0.1, -0.05) is 23.8 Å². The van der Waals surface area contributed by atoms with Crippen LogP contribution < -0.4 is 0 Å². The van der Waals surface area contributed by atoms with Crippen LogP contribution in [0.25, 0.3) is 10.9 Å². The molecule has 0 aliphatic rings. The van der Waals surface area contributed by atoms with E-state index in [0.29, 0.717) is 0 Å². The highest BCUT2D eigenvalue weighted by molar-refractivity contribution is 5.83. The molecule has 1 heterocycles. The number of nitrogens with zero attached hydrogens (tertiary/aromatic N) is 1. The Hall–Kier alpha value is -1.54. The molecular formula is C14H17NO. The molecule has 1 aromatic heterocycles. The highest BCUT2D eigenvalue weighted by Crippen LogP contribution is 2.21. The number of aliphatic hydroxyl groups excluding tert-OH is 1. The van der Waals surface area contributed by atoms with Gasteiger partial charge in [0.1, 0.15) is 0 Å². The summed E-state index contributed by atoms with van der Waals surface area (Å²) in [5, 5.41) is 10.5. The van der Waals surface area contributed by atoms with Crippen molar-refractivity contribution in [3.63, 3.8) is 0 Å². The van der Waals surface area contributed by atoms with Crippen molar-refractivity contribution < 1.29 is 5.11 Å². The number of aryl methyl sites for hydroxylation is 1. The molecule has 2 heteroatoms. The van der Waals surface area contributed by atoms with Gasteiger partial charge in [0.15, 0.2) is 0 Å². The van der Waals surface area contributed by atoms with Crippen molar-refractivity contribution in [2.24, 2.45) is 0 Å². The summed E-state index contributed by atoms with van der Waals surface area (Å²) in [5.41, 5.74) is 3.32. The summed E-state index contributed by atoms with van der Waals surface area (Å²) in [6.45, 7) is 6.97. The van der Waals surface area contributed by atoms with E-state index in [2.05, 4.69) is 29.5 Å². The van der Waals surface area contributed by atoms with Crippen LogP contribution in [0.3, 0.4) is 0 Å². The summed E-state index contributed by atoms with van der Waals surface area (Å²) < 4.78 is 2.19. The Morgan fingerprint density at radius 1 is 1.38 bits per heavy atom. The van der Waals surface area contributed by atoms with Gasteiger partial charge in [-0.05, 0) is 24.8 Å². The minimum atomic E-state index is 0.0917. The number of rotatable bonds is 4. The third-order valence-corrected chi connectivity index (χ3v) is 2.82. The monoisotopic (exact) mass is 215 g/mol. The molecule has 0 saturated heterocycles. The Bertz CT molecular complexity index is 510. The average Bonchev–Trinajstić information content (AvgIpc) is 2.69. The highest BCUT2D eigenvalue weighted by Gasteiger charge is 2.05. The van der Waals surface area contributed by atoms with Crippen LogP contribution in [-0.2, 0) is 13.2 Å². The lowest BCUT2D eigenvalue weighted by Crippen LogP contribution is -1.99. The Labute approximate surface area is 95.8 Å². The summed E-state index contributed by atoms with van der Waals surface area (Å²) in [6, 6.07) is 8.12. The van der Waals surface area contributed by atoms with Crippen molar-refractivity contribution in [2.45, 2.75) is 26.5 Å². The van der Waals surface area contributed by atoms with E-state index in [9.17, 15) is 5.11 Å². The number of hydrogen-bond donors (Lipinski definition) is 1. The van der Waals surface area contributed by atoms with Crippen molar-refractivity contribution in [2.75, 3.05) is 0 Å². The van der Waals surface area contributed by atoms with Crippen LogP contribution >= 0.6 is 0 Å². The lowest BCUT2D eigenvalue weighted by Gasteiger charge is -2.08. The fraction of sp³-hybridized carbons (Fsp3) is 0.286. The predicted octanol–water partition coefficient (Wildman–Crippen LogP) is 3.10. The van der Waals surface area contributed by atoms with Gasteiger partial charge >= 0.3 is 0 Å². The van der Waals surface area contributed by atoms with Gasteiger partial charge in [0, 0.05) is 18.3 Å². The number of para-hydroxylation sites is 1. The maximum Gasteiger partial charge on any atom is 0.0702 e. The maximum absolute atomic E-state index is 9.32. The van der Waals surface area contributed by atoms with E-state index in [1.807, 2.05) is 19.1 Å². The molecule has 16 heavy (non-hydrogen) atoms. The van der Waals surface area contributed by atoms with Crippen LogP contribution in [0.15, 0.2) is 42.6 Å². The van der Waals surface area contributed by atoms with E-state index in [1.54, 1.807) is 0 Å². The molecular weight excluding hydrogens is 198 g/mol. The number of fused-ring (bicyclic) bond motifs is 1. The molecule has 0 fully saturated rings. The maximum atomic E-state index is 9.32. The van der Waals surface area contributed by atoms with Gasteiger partial charge in [-0.25, -0.2) is 0 Å². The second kappa shape index (κ2) is 4.54. The number of aliphatic hydroxyl groups is 1. The molecule has 1 aromatic carbocycles. The number of benzene rings is 1. The van der Waals surface area contributed by atoms with E-state index in [-0.39, 0.29) is 6.61 Å². The quantitative estimate of drug-likeness (QED) is 0.779. The zero-order valence-electron chi connectivity index (χ0n) is 9.61. The molecule has 0 bridgehead atoms. The first-order chi connectivity index (χ1) is 7.72. The zero-order chi connectivity index (χ0) is 11.5. The minimum absolute atomic E-state index is 0.0917. The smallest absolute Gasteiger partial charge is 0.0702 e. The highest BCUT2D eigenvalue weighted by atomic mass is 16.3. The van der Waals surface area contributed by atoms with Gasteiger partial charge in [-0.2, -0.15) is 0 Å². The van der Waals surface area contributed by atoms with Gasteiger partial charge in [0.2, 0.25) is 0 Å². The molecule has 0 saturated carbocycles. The molecule has 2 aromatic rings. The SMILES string of the molecule is C=C(C)CCn1ccc2cccc(CO)c21. The molecule has 0 radical (unpaired) electrons. The lowest BCUT2D eigenvalue weighted by atomic mass is 10.1. The third kappa shape index (κ3) is 2.02. The van der Waals surface area contributed by atoms with Crippen molar-refractivity contribution in [3.05, 3.63) is 48.2 Å². The van der Waals surface area contributed by atoms with E-state index < -0.39 is 0 Å². The summed E-state index contributed by atoms with van der Waals surface area (Å²) in [7, 11) is 0. The van der Waals surface area contributed by atoms with Gasteiger partial charge in [0.25, 0.3) is 0 Å². The fourth-order valence-electron chi connectivity index (χ4n) is 1.97. The first-order valence-electron chi connectivity index (χ1n) is 5.54. The molecule has 0 aliphatic carbocycles. The molecule has 0 aliphatic heterocycles. The van der Waals surface area contributed by atoms with Crippen molar-refractivity contribution in [3.8, 4) is 0 Å². The normalized spacial score (nSPS) is 10.9. The van der Waals surface area contributed by atoms with Gasteiger partial charge < -0.3 is 9.67 Å². The van der Waals surface area contributed by atoms with Gasteiger partial charge in [-0.15, -0.1) is 6.58 Å². The van der Waals surface area contributed by atoms with E-state index >= 15 is 0 Å². The first-order valence-corrected chi connectivity index (χ1v) is 5.54. The Morgan fingerprint density at radius 3 is 2.88 bits per heavy atom. The lowest BCUT2D eigenvalue weighted by molar-refractivity contribution is 0.283. The predicted molar refractivity (Wildman–Crippen MR) is 67.3 cm³/mol. The number of hydrogen-bond acceptors (Lipinski definition) is 1. The summed E-state index contributed by atoms with van der Waals surface area (Å²) in [6.07, 6.45) is 3.05. The molecule has 0 atom stereocenters. The molecule has 2 rings (SSSR count). The summed E-state index contributed by atoms with van der Waals surface area (Å²) in [4.78, 5) is 0. The van der Waals surface area contributed by atoms with E-state index in [0.717, 1.165) is 24.0 Å². The van der Waals surface area contributed by atoms with Crippen LogP contribution in [0.5, 0.6) is 0 Å². The van der Waals surface area contributed by atoms with Crippen LogP contribution in [0, 0.1) is 0 Å². The van der Waals surface area contributed by atoms with Crippen molar-refractivity contribution in [1.82, 2.24) is 4.57 Å². The molecule has 1 N–H and O–H groups in total. The fourth-order valence-corrected chi connectivity index (χ4v) is 1.97. The Morgan fingerprint density at radius 2 is 2.19 bits per heavy atom. The zero-order valence-corrected chi connectivity index (χ0v) is 9.61. The van der Waals surface area contributed by atoms with Crippen molar-refractivity contribution in [1.29, 1.82) is 0 Å². The summed E-state index contributed by atoms with van der Waals surface area (Å²) >= 11 is 0. The standard InChI is InChI=1S/C14H17NO/c1-11(2)6-8-15-9-7-12-4-3-5-13(10-16)14(12)15/h3-5,7,9,16H,1,6,8,10H2,2H3. The van der Waals surface area contributed by atoms with E-state index in [1.165, 1.54) is 11.0 Å². The molecule has 2 nitrogen and oxygen atoms in total. The molecule has 0 spiro atoms. The topological polar surface area (TPSA) is 25.2 Å².